The van der Waals surface area contributed by atoms with Crippen molar-refractivity contribution in [2.75, 3.05) is 24.5 Å². The van der Waals surface area contributed by atoms with Crippen LogP contribution >= 0.6 is 0 Å². The van der Waals surface area contributed by atoms with Crippen molar-refractivity contribution in [1.82, 2.24) is 14.9 Å². The van der Waals surface area contributed by atoms with Gasteiger partial charge in [-0.1, -0.05) is 19.1 Å². The quantitative estimate of drug-likeness (QED) is 0.870. The maximum atomic E-state index is 13.2. The van der Waals surface area contributed by atoms with Gasteiger partial charge in [-0.05, 0) is 36.1 Å². The van der Waals surface area contributed by atoms with Gasteiger partial charge in [0.1, 0.15) is 5.82 Å². The molecule has 2 fully saturated rings. The Balaban J connectivity index is 1.52. The lowest BCUT2D eigenvalue weighted by molar-refractivity contribution is -0.137. The van der Waals surface area contributed by atoms with E-state index in [9.17, 15) is 4.79 Å². The lowest BCUT2D eigenvalue weighted by atomic mass is 9.78. The Morgan fingerprint density at radius 1 is 1.25 bits per heavy atom. The molecule has 0 N–H and O–H groups in total. The first-order valence-electron chi connectivity index (χ1n) is 8.53. The van der Waals surface area contributed by atoms with Crippen molar-refractivity contribution >= 4 is 11.7 Å². The molecule has 0 saturated carbocycles. The second-order valence-electron chi connectivity index (χ2n) is 6.96. The summed E-state index contributed by atoms with van der Waals surface area (Å²) in [7, 11) is 0. The number of hydrogen-bond donors (Lipinski definition) is 0. The van der Waals surface area contributed by atoms with E-state index in [0.29, 0.717) is 12.5 Å². The zero-order chi connectivity index (χ0) is 16.6. The monoisotopic (exact) mass is 322 g/mol. The van der Waals surface area contributed by atoms with Crippen LogP contribution in [0.5, 0.6) is 0 Å². The Hall–Kier alpha value is -2.43. The van der Waals surface area contributed by atoms with Gasteiger partial charge in [0, 0.05) is 44.8 Å². The van der Waals surface area contributed by atoms with E-state index in [4.69, 9.17) is 0 Å². The molecule has 124 valence electrons. The number of carbonyl (C=O) groups excluding carboxylic acids is 1. The third-order valence-corrected chi connectivity index (χ3v) is 5.52. The molecule has 2 saturated heterocycles. The molecule has 1 amide bonds. The van der Waals surface area contributed by atoms with Gasteiger partial charge in [0.15, 0.2) is 0 Å². The molecule has 2 aliphatic heterocycles. The fourth-order valence-corrected chi connectivity index (χ4v) is 4.11. The van der Waals surface area contributed by atoms with Crippen LogP contribution in [0.3, 0.4) is 0 Å². The summed E-state index contributed by atoms with van der Waals surface area (Å²) in [4.78, 5) is 26.0. The van der Waals surface area contributed by atoms with Gasteiger partial charge in [-0.25, -0.2) is 4.98 Å². The zero-order valence-electron chi connectivity index (χ0n) is 13.9. The number of likely N-dealkylation sites (tertiary alicyclic amines) is 1. The molecule has 2 aromatic rings. The Kier molecular flexibility index (Phi) is 3.71. The average Bonchev–Trinajstić information content (AvgIpc) is 3.12. The van der Waals surface area contributed by atoms with Crippen LogP contribution in [0.15, 0.2) is 48.9 Å². The summed E-state index contributed by atoms with van der Waals surface area (Å²) in [5, 5.41) is 0. The van der Waals surface area contributed by atoms with E-state index in [1.807, 2.05) is 47.6 Å². The lowest BCUT2D eigenvalue weighted by Gasteiger charge is -2.26. The SMILES string of the molecule is C[C@H]1CN(c2ccccn2)C[C@@]12CCN(Cc1cccnc1)C2=O. The highest BCUT2D eigenvalue weighted by Crippen LogP contribution is 2.45. The highest BCUT2D eigenvalue weighted by Gasteiger charge is 2.55. The van der Waals surface area contributed by atoms with Crippen LogP contribution < -0.4 is 4.90 Å². The molecular formula is C19H22N4O. The van der Waals surface area contributed by atoms with Crippen molar-refractivity contribution < 1.29 is 4.79 Å². The van der Waals surface area contributed by atoms with Gasteiger partial charge in [-0.15, -0.1) is 0 Å². The predicted molar refractivity (Wildman–Crippen MR) is 92.3 cm³/mol. The van der Waals surface area contributed by atoms with Crippen LogP contribution in [-0.2, 0) is 11.3 Å². The van der Waals surface area contributed by atoms with Gasteiger partial charge < -0.3 is 9.80 Å². The van der Waals surface area contributed by atoms with Crippen molar-refractivity contribution in [3.8, 4) is 0 Å². The molecule has 2 aromatic heterocycles. The number of aromatic nitrogens is 2. The molecule has 0 unspecified atom stereocenters. The molecule has 0 aromatic carbocycles. The van der Waals surface area contributed by atoms with Crippen LogP contribution in [0, 0.1) is 11.3 Å². The Morgan fingerprint density at radius 3 is 2.92 bits per heavy atom. The maximum Gasteiger partial charge on any atom is 0.231 e. The fourth-order valence-electron chi connectivity index (χ4n) is 4.11. The zero-order valence-corrected chi connectivity index (χ0v) is 13.9. The van der Waals surface area contributed by atoms with Crippen LogP contribution in [-0.4, -0.2) is 40.4 Å². The van der Waals surface area contributed by atoms with Crippen molar-refractivity contribution in [3.63, 3.8) is 0 Å². The summed E-state index contributed by atoms with van der Waals surface area (Å²) in [5.74, 6) is 1.60. The molecule has 2 aliphatic rings. The van der Waals surface area contributed by atoms with E-state index in [0.717, 1.165) is 37.4 Å². The predicted octanol–water partition coefficient (Wildman–Crippen LogP) is 2.35. The van der Waals surface area contributed by atoms with Crippen LogP contribution in [0.1, 0.15) is 18.9 Å². The molecular weight excluding hydrogens is 300 g/mol. The average molecular weight is 322 g/mol. The first-order chi connectivity index (χ1) is 11.7. The summed E-state index contributed by atoms with van der Waals surface area (Å²) in [6, 6.07) is 9.91. The van der Waals surface area contributed by atoms with E-state index in [1.165, 1.54) is 0 Å². The van der Waals surface area contributed by atoms with E-state index in [2.05, 4.69) is 21.8 Å². The van der Waals surface area contributed by atoms with Crippen LogP contribution in [0.2, 0.25) is 0 Å². The van der Waals surface area contributed by atoms with E-state index >= 15 is 0 Å². The fraction of sp³-hybridized carbons (Fsp3) is 0.421. The third kappa shape index (κ3) is 2.44. The minimum atomic E-state index is -0.264. The smallest absolute Gasteiger partial charge is 0.231 e. The van der Waals surface area contributed by atoms with Gasteiger partial charge in [-0.2, -0.15) is 0 Å². The van der Waals surface area contributed by atoms with E-state index in [-0.39, 0.29) is 11.3 Å². The van der Waals surface area contributed by atoms with Crippen LogP contribution in [0.25, 0.3) is 0 Å². The second kappa shape index (κ2) is 5.89. The van der Waals surface area contributed by atoms with Crippen molar-refractivity contribution in [3.05, 3.63) is 54.5 Å². The number of carbonyl (C=O) groups is 1. The second-order valence-corrected chi connectivity index (χ2v) is 6.96. The Bertz CT molecular complexity index is 721. The Morgan fingerprint density at radius 2 is 2.17 bits per heavy atom. The van der Waals surface area contributed by atoms with Gasteiger partial charge in [0.25, 0.3) is 0 Å². The molecule has 4 rings (SSSR count). The number of amides is 1. The van der Waals surface area contributed by atoms with E-state index < -0.39 is 0 Å². The molecule has 4 heterocycles. The number of anilines is 1. The van der Waals surface area contributed by atoms with Gasteiger partial charge >= 0.3 is 0 Å². The van der Waals surface area contributed by atoms with Gasteiger partial charge in [0.05, 0.1) is 5.41 Å². The highest BCUT2D eigenvalue weighted by atomic mass is 16.2. The summed E-state index contributed by atoms with van der Waals surface area (Å²) in [6.07, 6.45) is 6.35. The lowest BCUT2D eigenvalue weighted by Crippen LogP contribution is -2.39. The number of pyridine rings is 2. The molecule has 5 heteroatoms. The largest absolute Gasteiger partial charge is 0.355 e. The molecule has 1 spiro atoms. The normalized spacial score (nSPS) is 26.5. The van der Waals surface area contributed by atoms with Gasteiger partial charge in [-0.3, -0.25) is 9.78 Å². The van der Waals surface area contributed by atoms with Crippen molar-refractivity contribution in [2.24, 2.45) is 11.3 Å². The van der Waals surface area contributed by atoms with Crippen LogP contribution in [0.4, 0.5) is 5.82 Å². The topological polar surface area (TPSA) is 49.3 Å². The third-order valence-electron chi connectivity index (χ3n) is 5.52. The summed E-state index contributed by atoms with van der Waals surface area (Å²) in [6.45, 7) is 5.35. The first kappa shape index (κ1) is 15.1. The molecule has 0 bridgehead atoms. The number of nitrogens with zero attached hydrogens (tertiary/aromatic N) is 4. The number of rotatable bonds is 3. The van der Waals surface area contributed by atoms with Crippen molar-refractivity contribution in [1.29, 1.82) is 0 Å². The molecule has 24 heavy (non-hydrogen) atoms. The molecule has 2 atom stereocenters. The first-order valence-corrected chi connectivity index (χ1v) is 8.53. The Labute approximate surface area is 142 Å². The minimum absolute atomic E-state index is 0.264. The van der Waals surface area contributed by atoms with E-state index in [1.54, 1.807) is 6.20 Å². The summed E-state index contributed by atoms with van der Waals surface area (Å²) >= 11 is 0. The highest BCUT2D eigenvalue weighted by molar-refractivity contribution is 5.86. The summed E-state index contributed by atoms with van der Waals surface area (Å²) in [5.41, 5.74) is 0.829. The maximum absolute atomic E-state index is 13.2. The molecule has 0 aliphatic carbocycles. The molecule has 5 nitrogen and oxygen atoms in total. The number of hydrogen-bond acceptors (Lipinski definition) is 4. The van der Waals surface area contributed by atoms with Crippen molar-refractivity contribution in [2.45, 2.75) is 19.9 Å². The summed E-state index contributed by atoms with van der Waals surface area (Å²) < 4.78 is 0. The van der Waals surface area contributed by atoms with Gasteiger partial charge in [0.2, 0.25) is 5.91 Å². The standard InChI is InChI=1S/C19H22N4O/c1-15-12-23(17-6-2-3-9-21-17)14-19(15)7-10-22(18(19)24)13-16-5-4-8-20-11-16/h2-6,8-9,11,15H,7,10,12-14H2,1H3/t15-,19-/m0/s1. The molecule has 0 radical (unpaired) electrons. The minimum Gasteiger partial charge on any atom is -0.355 e.